The molecule has 4 nitrogen and oxygen atoms in total. The number of ether oxygens (including phenoxy) is 1. The van der Waals surface area contributed by atoms with Crippen molar-refractivity contribution in [2.75, 3.05) is 13.1 Å². The van der Waals surface area contributed by atoms with E-state index in [-0.39, 0.29) is 22.9 Å². The van der Waals surface area contributed by atoms with Crippen molar-refractivity contribution in [3.63, 3.8) is 0 Å². The molecule has 3 aromatic rings. The molecular formula is C25H25NO3S. The van der Waals surface area contributed by atoms with E-state index >= 15 is 0 Å². The van der Waals surface area contributed by atoms with Crippen LogP contribution in [0.1, 0.15) is 46.8 Å². The summed E-state index contributed by atoms with van der Waals surface area (Å²) in [7, 11) is 0. The minimum atomic E-state index is -0.154. The predicted octanol–water partition coefficient (Wildman–Crippen LogP) is 5.53. The average molecular weight is 420 g/mol. The fraction of sp³-hybridized carbons (Fsp3) is 0.280. The first-order valence-electron chi connectivity index (χ1n) is 10.4. The molecule has 0 amide bonds. The molecule has 2 aliphatic heterocycles. The highest BCUT2D eigenvalue weighted by molar-refractivity contribution is 7.99. The molecule has 154 valence electrons. The van der Waals surface area contributed by atoms with E-state index in [1.165, 1.54) is 18.4 Å². The van der Waals surface area contributed by atoms with Gasteiger partial charge in [-0.05, 0) is 78.9 Å². The molecule has 5 heteroatoms. The third-order valence-corrected chi connectivity index (χ3v) is 7.35. The van der Waals surface area contributed by atoms with Gasteiger partial charge in [0.15, 0.2) is 0 Å². The van der Waals surface area contributed by atoms with Crippen LogP contribution in [-0.2, 0) is 0 Å². The highest BCUT2D eigenvalue weighted by Gasteiger charge is 2.33. The minimum Gasteiger partial charge on any atom is -0.508 e. The van der Waals surface area contributed by atoms with E-state index in [0.29, 0.717) is 5.92 Å². The van der Waals surface area contributed by atoms with Crippen molar-refractivity contribution in [2.24, 2.45) is 0 Å². The molecule has 0 aromatic heterocycles. The van der Waals surface area contributed by atoms with Crippen LogP contribution in [-0.4, -0.2) is 23.3 Å². The van der Waals surface area contributed by atoms with Gasteiger partial charge in [0.2, 0.25) is 0 Å². The molecular weight excluding hydrogens is 394 g/mol. The Morgan fingerprint density at radius 2 is 1.40 bits per heavy atom. The molecule has 1 saturated heterocycles. The molecule has 3 N–H and O–H groups in total. The van der Waals surface area contributed by atoms with Crippen LogP contribution >= 0.6 is 11.8 Å². The van der Waals surface area contributed by atoms with Crippen LogP contribution in [0.2, 0.25) is 0 Å². The summed E-state index contributed by atoms with van der Waals surface area (Å²) in [5, 5.41) is 23.1. The fourth-order valence-corrected chi connectivity index (χ4v) is 5.67. The Labute approximate surface area is 180 Å². The number of rotatable bonds is 3. The molecule has 30 heavy (non-hydrogen) atoms. The minimum absolute atomic E-state index is 0.0182. The van der Waals surface area contributed by atoms with Gasteiger partial charge in [-0.25, -0.2) is 0 Å². The van der Waals surface area contributed by atoms with Crippen molar-refractivity contribution in [1.82, 2.24) is 5.32 Å². The Hall–Kier alpha value is -2.63. The maximum atomic E-state index is 9.91. The third-order valence-electron chi connectivity index (χ3n) is 6.01. The maximum absolute atomic E-state index is 9.91. The molecule has 0 bridgehead atoms. The lowest BCUT2D eigenvalue weighted by molar-refractivity contribution is 0.190. The highest BCUT2D eigenvalue weighted by Crippen LogP contribution is 2.54. The van der Waals surface area contributed by atoms with Gasteiger partial charge >= 0.3 is 0 Å². The van der Waals surface area contributed by atoms with Gasteiger partial charge in [-0.15, -0.1) is 11.8 Å². The van der Waals surface area contributed by atoms with E-state index in [1.807, 2.05) is 18.2 Å². The zero-order valence-electron chi connectivity index (χ0n) is 16.6. The fourth-order valence-electron chi connectivity index (χ4n) is 4.35. The van der Waals surface area contributed by atoms with Crippen LogP contribution in [0.5, 0.6) is 17.2 Å². The first kappa shape index (κ1) is 19.3. The van der Waals surface area contributed by atoms with Crippen LogP contribution in [0.4, 0.5) is 0 Å². The number of aromatic hydroxyl groups is 2. The number of piperidine rings is 1. The molecule has 2 atom stereocenters. The third kappa shape index (κ3) is 3.87. The molecule has 3 aromatic carbocycles. The number of fused-ring (bicyclic) bond motifs is 1. The Kier molecular flexibility index (Phi) is 5.32. The van der Waals surface area contributed by atoms with Crippen LogP contribution in [0, 0.1) is 0 Å². The van der Waals surface area contributed by atoms with Gasteiger partial charge in [0.05, 0.1) is 10.1 Å². The summed E-state index contributed by atoms with van der Waals surface area (Å²) >= 11 is 1.69. The zero-order chi connectivity index (χ0) is 20.5. The van der Waals surface area contributed by atoms with Gasteiger partial charge in [-0.1, -0.05) is 36.4 Å². The van der Waals surface area contributed by atoms with Gasteiger partial charge < -0.3 is 20.3 Å². The maximum Gasteiger partial charge on any atom is 0.140 e. The van der Waals surface area contributed by atoms with Crippen LogP contribution in [0.25, 0.3) is 0 Å². The number of benzene rings is 3. The van der Waals surface area contributed by atoms with Crippen molar-refractivity contribution < 1.29 is 14.9 Å². The van der Waals surface area contributed by atoms with Crippen molar-refractivity contribution in [1.29, 1.82) is 0 Å². The second-order valence-electron chi connectivity index (χ2n) is 7.99. The number of phenols is 2. The summed E-state index contributed by atoms with van der Waals surface area (Å²) in [5.41, 5.74) is 3.62. The lowest BCUT2D eigenvalue weighted by atomic mass is 9.89. The SMILES string of the molecule is Oc1ccc([C@H]2Sc3cc(O)ccc3O[C@H]2c2ccc(C3CCNCC3)cc2)cc1. The monoisotopic (exact) mass is 419 g/mol. The molecule has 0 spiro atoms. The summed E-state index contributed by atoms with van der Waals surface area (Å²) in [6.45, 7) is 2.17. The van der Waals surface area contributed by atoms with Crippen molar-refractivity contribution in [2.45, 2.75) is 35.0 Å². The van der Waals surface area contributed by atoms with Gasteiger partial charge in [0.1, 0.15) is 23.4 Å². The van der Waals surface area contributed by atoms with Crippen LogP contribution in [0.15, 0.2) is 71.6 Å². The smallest absolute Gasteiger partial charge is 0.140 e. The van der Waals surface area contributed by atoms with Gasteiger partial charge in [-0.2, -0.15) is 0 Å². The summed E-state index contributed by atoms with van der Waals surface area (Å²) in [6.07, 6.45) is 2.21. The van der Waals surface area contributed by atoms with Gasteiger partial charge in [0.25, 0.3) is 0 Å². The first-order valence-corrected chi connectivity index (χ1v) is 11.3. The Morgan fingerprint density at radius 1 is 0.767 bits per heavy atom. The topological polar surface area (TPSA) is 61.7 Å². The van der Waals surface area contributed by atoms with Crippen LogP contribution in [0.3, 0.4) is 0 Å². The Balaban J connectivity index is 1.48. The second-order valence-corrected chi connectivity index (χ2v) is 9.17. The summed E-state index contributed by atoms with van der Waals surface area (Å²) in [4.78, 5) is 0.927. The van der Waals surface area contributed by atoms with Crippen molar-refractivity contribution >= 4 is 11.8 Å². The molecule has 0 aliphatic carbocycles. The first-order chi connectivity index (χ1) is 14.7. The summed E-state index contributed by atoms with van der Waals surface area (Å²) < 4.78 is 6.45. The van der Waals surface area contributed by atoms with E-state index in [0.717, 1.165) is 34.9 Å². The second kappa shape index (κ2) is 8.25. The zero-order valence-corrected chi connectivity index (χ0v) is 17.4. The molecule has 0 unspecified atom stereocenters. The lowest BCUT2D eigenvalue weighted by Crippen LogP contribution is -2.26. The highest BCUT2D eigenvalue weighted by atomic mass is 32.2. The van der Waals surface area contributed by atoms with E-state index < -0.39 is 0 Å². The van der Waals surface area contributed by atoms with E-state index in [1.54, 1.807) is 36.0 Å². The largest absolute Gasteiger partial charge is 0.508 e. The number of phenolic OH excluding ortho intramolecular Hbond substituents is 2. The van der Waals surface area contributed by atoms with E-state index in [2.05, 4.69) is 29.6 Å². The van der Waals surface area contributed by atoms with E-state index in [4.69, 9.17) is 4.74 Å². The molecule has 5 rings (SSSR count). The standard InChI is InChI=1S/C25H25NO3S/c27-20-7-5-19(6-8-20)25-24(29-22-10-9-21(28)15-23(22)30-25)18-3-1-16(2-4-18)17-11-13-26-14-12-17/h1-10,15,17,24-28H,11-14H2/t24-,25+/m0/s1. The number of nitrogens with one attached hydrogen (secondary N) is 1. The quantitative estimate of drug-likeness (QED) is 0.521. The summed E-state index contributed by atoms with van der Waals surface area (Å²) in [5.74, 6) is 1.90. The number of thioether (sulfide) groups is 1. The Morgan fingerprint density at radius 3 is 2.13 bits per heavy atom. The molecule has 2 heterocycles. The Bertz CT molecular complexity index is 1010. The van der Waals surface area contributed by atoms with Crippen LogP contribution < -0.4 is 10.1 Å². The summed E-state index contributed by atoms with van der Waals surface area (Å²) in [6, 6.07) is 21.5. The predicted molar refractivity (Wildman–Crippen MR) is 119 cm³/mol. The molecule has 0 radical (unpaired) electrons. The van der Waals surface area contributed by atoms with Gasteiger partial charge in [0, 0.05) is 0 Å². The number of hydrogen-bond acceptors (Lipinski definition) is 5. The molecule has 1 fully saturated rings. The van der Waals surface area contributed by atoms with Crippen molar-refractivity contribution in [3.05, 3.63) is 83.4 Å². The van der Waals surface area contributed by atoms with Crippen molar-refractivity contribution in [3.8, 4) is 17.2 Å². The average Bonchev–Trinajstić information content (AvgIpc) is 2.79. The van der Waals surface area contributed by atoms with Gasteiger partial charge in [-0.3, -0.25) is 0 Å². The van der Waals surface area contributed by atoms with E-state index in [9.17, 15) is 10.2 Å². The molecule has 0 saturated carbocycles. The molecule has 2 aliphatic rings. The normalized spacial score (nSPS) is 21.6. The number of hydrogen-bond donors (Lipinski definition) is 3. The lowest BCUT2D eigenvalue weighted by Gasteiger charge is -2.34.